The van der Waals surface area contributed by atoms with Crippen LogP contribution in [0.1, 0.15) is 40.4 Å². The lowest BCUT2D eigenvalue weighted by Gasteiger charge is -2.32. The molecule has 0 spiro atoms. The Kier molecular flexibility index (Phi) is 5.62. The van der Waals surface area contributed by atoms with Gasteiger partial charge in [-0.15, -0.1) is 0 Å². The number of likely N-dealkylation sites (tertiary alicyclic amines) is 1. The third kappa shape index (κ3) is 4.17. The largest absolute Gasteiger partial charge is 0.488 e. The van der Waals surface area contributed by atoms with Crippen LogP contribution in [0.25, 0.3) is 10.8 Å². The second-order valence-corrected chi connectivity index (χ2v) is 7.57. The van der Waals surface area contributed by atoms with E-state index < -0.39 is 7.12 Å². The van der Waals surface area contributed by atoms with Crippen molar-refractivity contribution in [3.8, 4) is 0 Å². The zero-order chi connectivity index (χ0) is 20.4. The summed E-state index contributed by atoms with van der Waals surface area (Å²) in [4.78, 5) is 19.1. The highest BCUT2D eigenvalue weighted by Crippen LogP contribution is 2.29. The Morgan fingerprint density at radius 1 is 1.10 bits per heavy atom. The fourth-order valence-corrected chi connectivity index (χ4v) is 3.99. The Morgan fingerprint density at radius 3 is 2.62 bits per heavy atom. The molecule has 0 bridgehead atoms. The lowest BCUT2D eigenvalue weighted by Crippen LogP contribution is -2.38. The zero-order valence-corrected chi connectivity index (χ0v) is 16.2. The molecule has 148 valence electrons. The maximum atomic E-state index is 13.0. The highest BCUT2D eigenvalue weighted by molar-refractivity contribution is 6.58. The van der Waals surface area contributed by atoms with Crippen molar-refractivity contribution in [3.63, 3.8) is 0 Å². The Morgan fingerprint density at radius 2 is 1.90 bits per heavy atom. The van der Waals surface area contributed by atoms with Crippen LogP contribution in [0.5, 0.6) is 0 Å². The van der Waals surface area contributed by atoms with Gasteiger partial charge in [-0.1, -0.05) is 42.5 Å². The first kappa shape index (κ1) is 19.6. The first-order chi connectivity index (χ1) is 14.0. The van der Waals surface area contributed by atoms with Crippen molar-refractivity contribution in [1.82, 2.24) is 9.88 Å². The average Bonchev–Trinajstić information content (AvgIpc) is 2.78. The maximum absolute atomic E-state index is 13.0. The van der Waals surface area contributed by atoms with Gasteiger partial charge in [0.2, 0.25) is 0 Å². The summed E-state index contributed by atoms with van der Waals surface area (Å²) in [5.41, 5.74) is 8.95. The van der Waals surface area contributed by atoms with E-state index in [-0.39, 0.29) is 5.91 Å². The molecule has 4 rings (SSSR count). The van der Waals surface area contributed by atoms with Crippen LogP contribution >= 0.6 is 0 Å². The Balaban J connectivity index is 1.47. The number of nitrogens with two attached hydrogens (primary N) is 1. The van der Waals surface area contributed by atoms with Crippen LogP contribution in [0.15, 0.2) is 54.7 Å². The fraction of sp³-hybridized carbons (Fsp3) is 0.273. The molecule has 0 unspecified atom stereocenters. The smallest absolute Gasteiger partial charge is 0.423 e. The lowest BCUT2D eigenvalue weighted by atomic mass is 9.79. The summed E-state index contributed by atoms with van der Waals surface area (Å²) < 4.78 is 0. The van der Waals surface area contributed by atoms with Gasteiger partial charge in [0.1, 0.15) is 5.69 Å². The molecule has 1 aliphatic heterocycles. The number of hydrogen-bond acceptors (Lipinski definition) is 5. The third-order valence-corrected chi connectivity index (χ3v) is 5.70. The number of benzene rings is 2. The number of nitrogens with zero attached hydrogens (tertiary/aromatic N) is 2. The molecule has 1 aliphatic rings. The minimum atomic E-state index is -1.54. The first-order valence-corrected chi connectivity index (χ1v) is 9.89. The van der Waals surface area contributed by atoms with E-state index in [2.05, 4.69) is 17.1 Å². The second-order valence-electron chi connectivity index (χ2n) is 7.57. The molecule has 0 saturated carbocycles. The van der Waals surface area contributed by atoms with E-state index in [0.29, 0.717) is 36.7 Å². The van der Waals surface area contributed by atoms with Crippen LogP contribution in [0.4, 0.5) is 0 Å². The number of piperidine rings is 1. The van der Waals surface area contributed by atoms with Gasteiger partial charge < -0.3 is 20.7 Å². The highest BCUT2D eigenvalue weighted by Gasteiger charge is 2.25. The molecule has 3 aromatic rings. The maximum Gasteiger partial charge on any atom is 0.488 e. The van der Waals surface area contributed by atoms with E-state index >= 15 is 0 Å². The lowest BCUT2D eigenvalue weighted by molar-refractivity contribution is 0.0707. The number of pyridine rings is 1. The number of carbonyl (C=O) groups is 1. The number of amides is 1. The van der Waals surface area contributed by atoms with Crippen LogP contribution in [-0.2, 0) is 6.54 Å². The van der Waals surface area contributed by atoms with E-state index in [1.807, 2.05) is 17.0 Å². The van der Waals surface area contributed by atoms with Crippen LogP contribution in [0.3, 0.4) is 0 Å². The van der Waals surface area contributed by atoms with Gasteiger partial charge in [-0.3, -0.25) is 9.78 Å². The predicted octanol–water partition coefficient (Wildman–Crippen LogP) is 1.39. The van der Waals surface area contributed by atoms with E-state index in [1.54, 1.807) is 30.5 Å². The topological polar surface area (TPSA) is 99.7 Å². The molecule has 29 heavy (non-hydrogen) atoms. The van der Waals surface area contributed by atoms with Gasteiger partial charge in [0.25, 0.3) is 5.91 Å². The van der Waals surface area contributed by atoms with Gasteiger partial charge in [0, 0.05) is 31.2 Å². The minimum absolute atomic E-state index is 0.0870. The van der Waals surface area contributed by atoms with Crippen molar-refractivity contribution in [3.05, 3.63) is 71.5 Å². The van der Waals surface area contributed by atoms with Crippen molar-refractivity contribution in [2.45, 2.75) is 25.3 Å². The normalized spacial score (nSPS) is 14.9. The van der Waals surface area contributed by atoms with Gasteiger partial charge in [-0.25, -0.2) is 0 Å². The molecule has 1 aromatic heterocycles. The van der Waals surface area contributed by atoms with Crippen molar-refractivity contribution in [2.24, 2.45) is 5.73 Å². The number of rotatable bonds is 4. The Bertz CT molecular complexity index is 1030. The molecular weight excluding hydrogens is 365 g/mol. The summed E-state index contributed by atoms with van der Waals surface area (Å²) >= 11 is 0. The summed E-state index contributed by atoms with van der Waals surface area (Å²) in [6, 6.07) is 15.2. The molecule has 1 fully saturated rings. The average molecular weight is 389 g/mol. The SMILES string of the molecule is NCc1cccc(C2CCN(C(=O)c3cc4cc(B(O)O)ccc4cn3)CC2)c1. The second kappa shape index (κ2) is 8.33. The molecule has 0 radical (unpaired) electrons. The number of carbonyl (C=O) groups excluding carboxylic acids is 1. The van der Waals surface area contributed by atoms with Crippen LogP contribution in [0.2, 0.25) is 0 Å². The van der Waals surface area contributed by atoms with Gasteiger partial charge >= 0.3 is 7.12 Å². The molecule has 6 nitrogen and oxygen atoms in total. The molecule has 1 amide bonds. The minimum Gasteiger partial charge on any atom is -0.423 e. The molecule has 7 heteroatoms. The molecule has 4 N–H and O–H groups in total. The monoisotopic (exact) mass is 389 g/mol. The quantitative estimate of drug-likeness (QED) is 0.586. The standard InChI is InChI=1S/C22H24BN3O3/c24-13-15-2-1-3-17(10-15)16-6-8-26(9-7-16)22(27)21-12-19-11-20(23(28)29)5-4-18(19)14-25-21/h1-5,10-12,14,16,28-29H,6-9,13,24H2. The van der Waals surface area contributed by atoms with E-state index in [4.69, 9.17) is 5.73 Å². The molecule has 2 aromatic carbocycles. The van der Waals surface area contributed by atoms with E-state index in [0.717, 1.165) is 29.2 Å². The summed E-state index contributed by atoms with van der Waals surface area (Å²) in [5.74, 6) is 0.347. The number of aromatic nitrogens is 1. The molecule has 2 heterocycles. The van der Waals surface area contributed by atoms with Crippen LogP contribution in [0, 0.1) is 0 Å². The summed E-state index contributed by atoms with van der Waals surface area (Å²) in [6.45, 7) is 1.91. The van der Waals surface area contributed by atoms with Gasteiger partial charge in [-0.2, -0.15) is 0 Å². The summed E-state index contributed by atoms with van der Waals surface area (Å²) in [6.07, 6.45) is 3.48. The highest BCUT2D eigenvalue weighted by atomic mass is 16.4. The van der Waals surface area contributed by atoms with Crippen molar-refractivity contribution in [1.29, 1.82) is 0 Å². The molecule has 1 saturated heterocycles. The van der Waals surface area contributed by atoms with Crippen LogP contribution < -0.4 is 11.2 Å². The fourth-order valence-electron chi connectivity index (χ4n) is 3.99. The number of fused-ring (bicyclic) bond motifs is 1. The Hall–Kier alpha value is -2.74. The third-order valence-electron chi connectivity index (χ3n) is 5.70. The molecule has 0 atom stereocenters. The predicted molar refractivity (Wildman–Crippen MR) is 114 cm³/mol. The first-order valence-electron chi connectivity index (χ1n) is 9.89. The summed E-state index contributed by atoms with van der Waals surface area (Å²) in [7, 11) is -1.54. The van der Waals surface area contributed by atoms with Crippen LogP contribution in [-0.4, -0.2) is 46.0 Å². The van der Waals surface area contributed by atoms with Gasteiger partial charge in [0.15, 0.2) is 0 Å². The van der Waals surface area contributed by atoms with Crippen molar-refractivity contribution < 1.29 is 14.8 Å². The number of hydrogen-bond donors (Lipinski definition) is 3. The zero-order valence-electron chi connectivity index (χ0n) is 16.2. The van der Waals surface area contributed by atoms with E-state index in [9.17, 15) is 14.8 Å². The van der Waals surface area contributed by atoms with E-state index in [1.165, 1.54) is 5.56 Å². The molecular formula is C22H24BN3O3. The summed E-state index contributed by atoms with van der Waals surface area (Å²) in [5, 5.41) is 20.4. The van der Waals surface area contributed by atoms with Gasteiger partial charge in [0.05, 0.1) is 0 Å². The Labute approximate surface area is 170 Å². The van der Waals surface area contributed by atoms with Gasteiger partial charge in [-0.05, 0) is 46.8 Å². The van der Waals surface area contributed by atoms with Crippen molar-refractivity contribution in [2.75, 3.05) is 13.1 Å². The van der Waals surface area contributed by atoms with Crippen molar-refractivity contribution >= 4 is 29.3 Å². The molecule has 0 aliphatic carbocycles.